The fraction of sp³-hybridized carbons (Fsp3) is 0.174. The minimum absolute atomic E-state index is 0.275. The van der Waals surface area contributed by atoms with Crippen LogP contribution in [0.25, 0.3) is 21.7 Å². The minimum Gasteiger partial charge on any atom is -0.279 e. The van der Waals surface area contributed by atoms with E-state index in [0.717, 1.165) is 58.6 Å². The molecule has 1 aromatic heterocycles. The van der Waals surface area contributed by atoms with E-state index in [4.69, 9.17) is 4.98 Å². The maximum Gasteiger partial charge on any atom is 0.261 e. The number of aromatic nitrogens is 1. The van der Waals surface area contributed by atoms with Gasteiger partial charge >= 0.3 is 0 Å². The van der Waals surface area contributed by atoms with Crippen LogP contribution in [0, 0.1) is 0 Å². The first-order valence-corrected chi connectivity index (χ1v) is 11.0. The van der Waals surface area contributed by atoms with Crippen molar-refractivity contribution in [2.75, 3.05) is 4.72 Å². The van der Waals surface area contributed by atoms with E-state index >= 15 is 0 Å². The van der Waals surface area contributed by atoms with Gasteiger partial charge in [0.05, 0.1) is 16.1 Å². The molecule has 4 aromatic rings. The van der Waals surface area contributed by atoms with Crippen molar-refractivity contribution in [3.05, 3.63) is 78.0 Å². The van der Waals surface area contributed by atoms with Crippen molar-refractivity contribution < 1.29 is 8.42 Å². The molecule has 0 bridgehead atoms. The second kappa shape index (κ2) is 6.60. The first kappa shape index (κ1) is 17.2. The quantitative estimate of drug-likeness (QED) is 0.533. The van der Waals surface area contributed by atoms with Gasteiger partial charge in [0.15, 0.2) is 0 Å². The Morgan fingerprint density at radius 2 is 1.57 bits per heavy atom. The standard InChI is InChI=1S/C23H20N2O2S/c26-28(27,18-14-13-16-7-1-2-8-17(16)15-18)25-23-19-9-3-5-11-21(19)24-22-12-6-4-10-20(22)23/h1-3,5,7-9,11,13-15H,4,6,10,12H2,(H,24,25). The second-order valence-corrected chi connectivity index (χ2v) is 8.93. The number of para-hydroxylation sites is 1. The zero-order chi connectivity index (χ0) is 19.1. The number of rotatable bonds is 3. The average molecular weight is 388 g/mol. The van der Waals surface area contributed by atoms with Crippen molar-refractivity contribution in [1.82, 2.24) is 4.98 Å². The third-order valence-electron chi connectivity index (χ3n) is 5.44. The Labute approximate surface area is 164 Å². The molecule has 1 aliphatic carbocycles. The Hall–Kier alpha value is -2.92. The van der Waals surface area contributed by atoms with Gasteiger partial charge in [-0.15, -0.1) is 0 Å². The second-order valence-electron chi connectivity index (χ2n) is 7.25. The number of hydrogen-bond acceptors (Lipinski definition) is 3. The van der Waals surface area contributed by atoms with Gasteiger partial charge in [0.1, 0.15) is 0 Å². The van der Waals surface area contributed by atoms with Gasteiger partial charge in [0.2, 0.25) is 0 Å². The zero-order valence-corrected chi connectivity index (χ0v) is 16.2. The molecular weight excluding hydrogens is 368 g/mol. The summed E-state index contributed by atoms with van der Waals surface area (Å²) in [4.78, 5) is 5.06. The monoisotopic (exact) mass is 388 g/mol. The Morgan fingerprint density at radius 1 is 0.821 bits per heavy atom. The predicted molar refractivity (Wildman–Crippen MR) is 113 cm³/mol. The van der Waals surface area contributed by atoms with Crippen molar-refractivity contribution in [3.63, 3.8) is 0 Å². The fourth-order valence-corrected chi connectivity index (χ4v) is 5.17. The van der Waals surface area contributed by atoms with Crippen molar-refractivity contribution >= 4 is 37.4 Å². The number of hydrogen-bond donors (Lipinski definition) is 1. The van der Waals surface area contributed by atoms with Gasteiger partial charge in [-0.25, -0.2) is 8.42 Å². The van der Waals surface area contributed by atoms with Gasteiger partial charge in [-0.2, -0.15) is 0 Å². The first-order chi connectivity index (χ1) is 13.6. The van der Waals surface area contributed by atoms with Crippen LogP contribution in [0.2, 0.25) is 0 Å². The molecule has 28 heavy (non-hydrogen) atoms. The molecular formula is C23H20N2O2S. The molecule has 1 aliphatic rings. The molecule has 0 spiro atoms. The van der Waals surface area contributed by atoms with E-state index in [1.165, 1.54) is 0 Å². The summed E-state index contributed by atoms with van der Waals surface area (Å²) in [6.45, 7) is 0. The van der Waals surface area contributed by atoms with Crippen LogP contribution in [0.15, 0.2) is 71.6 Å². The number of aryl methyl sites for hydroxylation is 1. The molecule has 0 atom stereocenters. The molecule has 1 heterocycles. The van der Waals surface area contributed by atoms with Crippen molar-refractivity contribution in [1.29, 1.82) is 0 Å². The smallest absolute Gasteiger partial charge is 0.261 e. The number of pyridine rings is 1. The molecule has 0 unspecified atom stereocenters. The lowest BCUT2D eigenvalue weighted by Crippen LogP contribution is -2.17. The summed E-state index contributed by atoms with van der Waals surface area (Å²) >= 11 is 0. The molecule has 0 aliphatic heterocycles. The molecule has 140 valence electrons. The summed E-state index contributed by atoms with van der Waals surface area (Å²) in [5.74, 6) is 0. The third-order valence-corrected chi connectivity index (χ3v) is 6.78. The molecule has 4 nitrogen and oxygen atoms in total. The normalized spacial score (nSPS) is 14.1. The molecule has 5 rings (SSSR count). The predicted octanol–water partition coefficient (Wildman–Crippen LogP) is 5.07. The SMILES string of the molecule is O=S(=O)(Nc1c2c(nc3ccccc13)CCCC2)c1ccc2ccccc2c1. The van der Waals surface area contributed by atoms with Crippen molar-refractivity contribution in [2.24, 2.45) is 0 Å². The van der Waals surface area contributed by atoms with Gasteiger partial charge in [0, 0.05) is 11.1 Å². The summed E-state index contributed by atoms with van der Waals surface area (Å²) in [6.07, 6.45) is 3.89. The molecule has 5 heteroatoms. The number of fused-ring (bicyclic) bond motifs is 3. The highest BCUT2D eigenvalue weighted by atomic mass is 32.2. The first-order valence-electron chi connectivity index (χ1n) is 9.54. The lowest BCUT2D eigenvalue weighted by atomic mass is 9.93. The van der Waals surface area contributed by atoms with Crippen molar-refractivity contribution in [3.8, 4) is 0 Å². The van der Waals surface area contributed by atoms with Crippen LogP contribution in [-0.2, 0) is 22.9 Å². The van der Waals surface area contributed by atoms with Gasteiger partial charge in [-0.1, -0.05) is 48.5 Å². The largest absolute Gasteiger partial charge is 0.279 e. The molecule has 0 saturated heterocycles. The number of sulfonamides is 1. The Balaban J connectivity index is 1.66. The molecule has 1 N–H and O–H groups in total. The van der Waals surface area contributed by atoms with Crippen LogP contribution in [0.4, 0.5) is 5.69 Å². The Morgan fingerprint density at radius 3 is 2.46 bits per heavy atom. The van der Waals surface area contributed by atoms with Crippen LogP contribution >= 0.6 is 0 Å². The highest BCUT2D eigenvalue weighted by Crippen LogP contribution is 2.34. The van der Waals surface area contributed by atoms with Crippen LogP contribution in [0.5, 0.6) is 0 Å². The van der Waals surface area contributed by atoms with Crippen molar-refractivity contribution in [2.45, 2.75) is 30.6 Å². The van der Waals surface area contributed by atoms with E-state index in [2.05, 4.69) is 4.72 Å². The highest BCUT2D eigenvalue weighted by molar-refractivity contribution is 7.92. The van der Waals surface area contributed by atoms with Crippen LogP contribution < -0.4 is 4.72 Å². The Bertz CT molecular complexity index is 1310. The van der Waals surface area contributed by atoms with Crippen LogP contribution in [0.1, 0.15) is 24.1 Å². The minimum atomic E-state index is -3.71. The van der Waals surface area contributed by atoms with E-state index in [1.54, 1.807) is 12.1 Å². The molecule has 3 aromatic carbocycles. The van der Waals surface area contributed by atoms with Gasteiger partial charge in [-0.05, 0) is 60.2 Å². The summed E-state index contributed by atoms with van der Waals surface area (Å²) < 4.78 is 29.4. The summed E-state index contributed by atoms with van der Waals surface area (Å²) in [5, 5.41) is 2.78. The van der Waals surface area contributed by atoms with Gasteiger partial charge in [-0.3, -0.25) is 9.71 Å². The average Bonchev–Trinajstić information content (AvgIpc) is 2.73. The number of anilines is 1. The highest BCUT2D eigenvalue weighted by Gasteiger charge is 2.23. The zero-order valence-electron chi connectivity index (χ0n) is 15.4. The number of nitrogens with zero attached hydrogens (tertiary/aromatic N) is 1. The third kappa shape index (κ3) is 2.92. The van der Waals surface area contributed by atoms with E-state index in [0.29, 0.717) is 5.69 Å². The lowest BCUT2D eigenvalue weighted by molar-refractivity contribution is 0.601. The molecule has 0 saturated carbocycles. The molecule has 0 radical (unpaired) electrons. The molecule has 0 fully saturated rings. The maximum atomic E-state index is 13.2. The molecule has 0 amide bonds. The Kier molecular flexibility index (Phi) is 4.05. The number of nitrogens with one attached hydrogen (secondary N) is 1. The summed E-state index contributed by atoms with van der Waals surface area (Å²) in [6, 6.07) is 20.8. The van der Waals surface area contributed by atoms with Crippen LogP contribution in [-0.4, -0.2) is 13.4 Å². The van der Waals surface area contributed by atoms with Gasteiger partial charge in [0.25, 0.3) is 10.0 Å². The van der Waals surface area contributed by atoms with E-state index in [-0.39, 0.29) is 4.90 Å². The fourth-order valence-electron chi connectivity index (χ4n) is 4.02. The van der Waals surface area contributed by atoms with Crippen LogP contribution in [0.3, 0.4) is 0 Å². The lowest BCUT2D eigenvalue weighted by Gasteiger charge is -2.21. The number of benzene rings is 3. The summed E-state index contributed by atoms with van der Waals surface area (Å²) in [5.41, 5.74) is 3.57. The van der Waals surface area contributed by atoms with E-state index < -0.39 is 10.0 Å². The van der Waals surface area contributed by atoms with E-state index in [1.807, 2.05) is 54.6 Å². The van der Waals surface area contributed by atoms with E-state index in [9.17, 15) is 8.42 Å². The topological polar surface area (TPSA) is 59.1 Å². The maximum absolute atomic E-state index is 13.2. The summed E-state index contributed by atoms with van der Waals surface area (Å²) in [7, 11) is -3.71. The van der Waals surface area contributed by atoms with Gasteiger partial charge < -0.3 is 0 Å².